The zero-order valence-electron chi connectivity index (χ0n) is 10.5. The molecule has 1 aromatic heterocycles. The zero-order valence-corrected chi connectivity index (χ0v) is 10.5. The number of amides is 2. The molecule has 0 aliphatic carbocycles. The third-order valence-corrected chi connectivity index (χ3v) is 3.30. The van der Waals surface area contributed by atoms with Crippen molar-refractivity contribution in [2.45, 2.75) is 38.3 Å². The van der Waals surface area contributed by atoms with Crippen molar-refractivity contribution in [2.24, 2.45) is 0 Å². The highest BCUT2D eigenvalue weighted by Gasteiger charge is 2.28. The molecule has 0 radical (unpaired) electrons. The Balaban J connectivity index is 1.92. The fraction of sp³-hybridized carbons (Fsp3) is 0.538. The van der Waals surface area contributed by atoms with Gasteiger partial charge in [-0.25, -0.2) is 0 Å². The molecule has 5 heteroatoms. The van der Waals surface area contributed by atoms with Crippen molar-refractivity contribution in [3.63, 3.8) is 0 Å². The highest BCUT2D eigenvalue weighted by molar-refractivity contribution is 5.87. The molecule has 1 aliphatic rings. The lowest BCUT2D eigenvalue weighted by Crippen LogP contribution is -2.46. The Kier molecular flexibility index (Phi) is 4.02. The van der Waals surface area contributed by atoms with Crippen LogP contribution in [0.4, 0.5) is 0 Å². The summed E-state index contributed by atoms with van der Waals surface area (Å²) >= 11 is 0. The molecule has 2 heterocycles. The normalized spacial score (nSPS) is 20.6. The highest BCUT2D eigenvalue weighted by Crippen LogP contribution is 2.16. The van der Waals surface area contributed by atoms with Crippen LogP contribution in [-0.2, 0) is 16.1 Å². The van der Waals surface area contributed by atoms with Gasteiger partial charge in [-0.3, -0.25) is 9.59 Å². The molecule has 1 unspecified atom stereocenters. The van der Waals surface area contributed by atoms with E-state index in [0.29, 0.717) is 18.7 Å². The van der Waals surface area contributed by atoms with E-state index in [-0.39, 0.29) is 17.9 Å². The molecule has 98 valence electrons. The summed E-state index contributed by atoms with van der Waals surface area (Å²) in [5.74, 6) is 0.653. The molecule has 2 amide bonds. The van der Waals surface area contributed by atoms with E-state index in [4.69, 9.17) is 4.42 Å². The Morgan fingerprint density at radius 3 is 3.11 bits per heavy atom. The molecule has 18 heavy (non-hydrogen) atoms. The Labute approximate surface area is 106 Å². The predicted molar refractivity (Wildman–Crippen MR) is 65.6 cm³/mol. The number of nitrogens with one attached hydrogen (secondary N) is 1. The fourth-order valence-corrected chi connectivity index (χ4v) is 2.17. The number of hydrogen-bond donors (Lipinski definition) is 1. The van der Waals surface area contributed by atoms with Gasteiger partial charge in [-0.05, 0) is 25.0 Å². The summed E-state index contributed by atoms with van der Waals surface area (Å²) < 4.78 is 5.15. The third-order valence-electron chi connectivity index (χ3n) is 3.30. The minimum atomic E-state index is -0.352. The van der Waals surface area contributed by atoms with E-state index in [0.717, 1.165) is 19.3 Å². The number of hydrogen-bond acceptors (Lipinski definition) is 3. The Morgan fingerprint density at radius 1 is 1.56 bits per heavy atom. The van der Waals surface area contributed by atoms with Crippen LogP contribution in [0.3, 0.4) is 0 Å². The standard InChI is InChI=1S/C13H18N2O3/c1-15-11(6-2-3-7-12(15)16)13(17)14-9-10-5-4-8-18-10/h4-5,8,11H,2-3,6-7,9H2,1H3,(H,14,17). The van der Waals surface area contributed by atoms with E-state index in [9.17, 15) is 9.59 Å². The molecule has 0 spiro atoms. The molecule has 1 atom stereocenters. The van der Waals surface area contributed by atoms with Crippen LogP contribution in [0.1, 0.15) is 31.4 Å². The number of furan rings is 1. The van der Waals surface area contributed by atoms with Gasteiger partial charge in [0.2, 0.25) is 11.8 Å². The average molecular weight is 250 g/mol. The van der Waals surface area contributed by atoms with Gasteiger partial charge in [0.15, 0.2) is 0 Å². The Bertz CT molecular complexity index is 414. The van der Waals surface area contributed by atoms with E-state index >= 15 is 0 Å². The van der Waals surface area contributed by atoms with Crippen molar-refractivity contribution in [3.8, 4) is 0 Å². The summed E-state index contributed by atoms with van der Waals surface area (Å²) in [5, 5.41) is 2.81. The van der Waals surface area contributed by atoms with Crippen molar-refractivity contribution in [3.05, 3.63) is 24.2 Å². The maximum Gasteiger partial charge on any atom is 0.243 e. The maximum absolute atomic E-state index is 12.1. The predicted octanol–water partition coefficient (Wildman–Crippen LogP) is 1.30. The lowest BCUT2D eigenvalue weighted by molar-refractivity contribution is -0.138. The Morgan fingerprint density at radius 2 is 2.39 bits per heavy atom. The van der Waals surface area contributed by atoms with Crippen LogP contribution in [0.5, 0.6) is 0 Å². The van der Waals surface area contributed by atoms with Crippen molar-refractivity contribution in [1.29, 1.82) is 0 Å². The van der Waals surface area contributed by atoms with Gasteiger partial charge >= 0.3 is 0 Å². The summed E-state index contributed by atoms with van der Waals surface area (Å²) in [7, 11) is 1.70. The number of rotatable bonds is 3. The molecule has 0 saturated carbocycles. The van der Waals surface area contributed by atoms with Gasteiger partial charge in [-0.2, -0.15) is 0 Å². The number of likely N-dealkylation sites (tertiary alicyclic amines) is 1. The Hall–Kier alpha value is -1.78. The largest absolute Gasteiger partial charge is 0.467 e. The van der Waals surface area contributed by atoms with Crippen molar-refractivity contribution in [2.75, 3.05) is 7.05 Å². The van der Waals surface area contributed by atoms with Crippen LogP contribution in [0.25, 0.3) is 0 Å². The summed E-state index contributed by atoms with van der Waals surface area (Å²) in [6, 6.07) is 3.24. The first-order valence-corrected chi connectivity index (χ1v) is 6.24. The fourth-order valence-electron chi connectivity index (χ4n) is 2.17. The van der Waals surface area contributed by atoms with Gasteiger partial charge in [0.25, 0.3) is 0 Å². The SMILES string of the molecule is CN1C(=O)CCCCC1C(=O)NCc1ccco1. The van der Waals surface area contributed by atoms with E-state index in [1.165, 1.54) is 0 Å². The van der Waals surface area contributed by atoms with Gasteiger partial charge in [0.05, 0.1) is 12.8 Å². The van der Waals surface area contributed by atoms with E-state index in [1.54, 1.807) is 24.3 Å². The van der Waals surface area contributed by atoms with Crippen LogP contribution in [-0.4, -0.2) is 29.8 Å². The summed E-state index contributed by atoms with van der Waals surface area (Å²) in [6.45, 7) is 0.365. The van der Waals surface area contributed by atoms with E-state index < -0.39 is 0 Å². The second kappa shape index (κ2) is 5.71. The van der Waals surface area contributed by atoms with Crippen molar-refractivity contribution < 1.29 is 14.0 Å². The zero-order chi connectivity index (χ0) is 13.0. The van der Waals surface area contributed by atoms with Gasteiger partial charge in [0, 0.05) is 13.5 Å². The molecular weight excluding hydrogens is 232 g/mol. The number of carbonyl (C=O) groups excluding carboxylic acids is 2. The molecule has 0 aromatic carbocycles. The maximum atomic E-state index is 12.1. The number of likely N-dealkylation sites (N-methyl/N-ethyl adjacent to an activating group) is 1. The molecule has 1 fully saturated rings. The molecule has 0 bridgehead atoms. The smallest absolute Gasteiger partial charge is 0.243 e. The molecule has 1 aliphatic heterocycles. The van der Waals surface area contributed by atoms with Gasteiger partial charge < -0.3 is 14.6 Å². The summed E-state index contributed by atoms with van der Waals surface area (Å²) in [4.78, 5) is 25.3. The molecule has 5 nitrogen and oxygen atoms in total. The minimum Gasteiger partial charge on any atom is -0.467 e. The summed E-state index contributed by atoms with van der Waals surface area (Å²) in [5.41, 5.74) is 0. The van der Waals surface area contributed by atoms with Crippen molar-refractivity contribution >= 4 is 11.8 Å². The third kappa shape index (κ3) is 2.91. The van der Waals surface area contributed by atoms with Crippen LogP contribution in [0.15, 0.2) is 22.8 Å². The van der Waals surface area contributed by atoms with Gasteiger partial charge in [0.1, 0.15) is 11.8 Å². The first kappa shape index (κ1) is 12.7. The average Bonchev–Trinajstić information content (AvgIpc) is 2.82. The second-order valence-electron chi connectivity index (χ2n) is 4.56. The van der Waals surface area contributed by atoms with Crippen LogP contribution >= 0.6 is 0 Å². The molecule has 1 saturated heterocycles. The van der Waals surface area contributed by atoms with Gasteiger partial charge in [-0.1, -0.05) is 6.42 Å². The summed E-state index contributed by atoms with van der Waals surface area (Å²) in [6.07, 6.45) is 4.62. The van der Waals surface area contributed by atoms with E-state index in [2.05, 4.69) is 5.32 Å². The van der Waals surface area contributed by atoms with E-state index in [1.807, 2.05) is 6.07 Å². The molecule has 2 rings (SSSR count). The van der Waals surface area contributed by atoms with Crippen LogP contribution in [0.2, 0.25) is 0 Å². The molecule has 1 N–H and O–H groups in total. The van der Waals surface area contributed by atoms with Crippen LogP contribution in [0, 0.1) is 0 Å². The second-order valence-corrected chi connectivity index (χ2v) is 4.56. The molecular formula is C13H18N2O3. The van der Waals surface area contributed by atoms with Gasteiger partial charge in [-0.15, -0.1) is 0 Å². The topological polar surface area (TPSA) is 62.6 Å². The highest BCUT2D eigenvalue weighted by atomic mass is 16.3. The number of carbonyl (C=O) groups is 2. The minimum absolute atomic E-state index is 0.0469. The van der Waals surface area contributed by atoms with Crippen LogP contribution < -0.4 is 5.32 Å². The quantitative estimate of drug-likeness (QED) is 0.879. The lowest BCUT2D eigenvalue weighted by Gasteiger charge is -2.24. The number of nitrogens with zero attached hydrogens (tertiary/aromatic N) is 1. The molecule has 1 aromatic rings. The van der Waals surface area contributed by atoms with Crippen molar-refractivity contribution in [1.82, 2.24) is 10.2 Å². The first-order chi connectivity index (χ1) is 8.68. The first-order valence-electron chi connectivity index (χ1n) is 6.24. The monoisotopic (exact) mass is 250 g/mol. The lowest BCUT2D eigenvalue weighted by atomic mass is 10.1.